The molecule has 10 nitrogen and oxygen atoms in total. The Balaban J connectivity index is 1.50. The Bertz CT molecular complexity index is 1900. The van der Waals surface area contributed by atoms with Gasteiger partial charge in [0.05, 0.1) is 37.1 Å². The van der Waals surface area contributed by atoms with Gasteiger partial charge < -0.3 is 29.2 Å². The van der Waals surface area contributed by atoms with E-state index in [-0.39, 0.29) is 12.2 Å². The Morgan fingerprint density at radius 1 is 1.09 bits per heavy atom. The van der Waals surface area contributed by atoms with Crippen molar-refractivity contribution in [1.82, 2.24) is 9.55 Å². The zero-order chi connectivity index (χ0) is 32.2. The van der Waals surface area contributed by atoms with Crippen molar-refractivity contribution in [1.29, 1.82) is 0 Å². The van der Waals surface area contributed by atoms with Crippen LogP contribution in [0.5, 0.6) is 11.5 Å². The van der Waals surface area contributed by atoms with Crippen LogP contribution in [0.15, 0.2) is 87.8 Å². The summed E-state index contributed by atoms with van der Waals surface area (Å²) in [6.45, 7) is 5.73. The first kappa shape index (κ1) is 31.3. The molecular formula is C35H38N4O6. The van der Waals surface area contributed by atoms with E-state index < -0.39 is 18.1 Å². The summed E-state index contributed by atoms with van der Waals surface area (Å²) in [5.41, 5.74) is 5.05. The van der Waals surface area contributed by atoms with Crippen LogP contribution in [0.3, 0.4) is 0 Å². The van der Waals surface area contributed by atoms with Crippen molar-refractivity contribution in [3.8, 4) is 11.5 Å². The molecule has 0 saturated carbocycles. The lowest BCUT2D eigenvalue weighted by molar-refractivity contribution is -0.139. The van der Waals surface area contributed by atoms with Crippen LogP contribution < -0.4 is 30.9 Å². The third-order valence-electron chi connectivity index (χ3n) is 7.69. The van der Waals surface area contributed by atoms with Crippen LogP contribution in [-0.2, 0) is 16.1 Å². The zero-order valence-electron chi connectivity index (χ0n) is 26.3. The fraction of sp³-hybridized carbons (Fsp3) is 0.286. The quantitative estimate of drug-likeness (QED) is 0.263. The molecule has 1 unspecified atom stereocenters. The second-order valence-electron chi connectivity index (χ2n) is 11.0. The Morgan fingerprint density at radius 2 is 1.80 bits per heavy atom. The molecule has 0 spiro atoms. The number of ether oxygens (including phenoxy) is 3. The molecule has 1 aliphatic heterocycles. The number of allylic oxidation sites excluding steroid dienone is 1. The normalized spacial score (nSPS) is 15.3. The molecule has 234 valence electrons. The summed E-state index contributed by atoms with van der Waals surface area (Å²) in [6, 6.07) is 20.0. The minimum atomic E-state index is -0.723. The van der Waals surface area contributed by atoms with E-state index in [1.807, 2.05) is 73.6 Å². The number of carbonyl (C=O) groups excluding carboxylic acids is 1. The molecule has 2 atom stereocenters. The highest BCUT2D eigenvalue weighted by Crippen LogP contribution is 2.32. The van der Waals surface area contributed by atoms with Gasteiger partial charge in [-0.1, -0.05) is 42.5 Å². The maximum absolute atomic E-state index is 13.9. The molecule has 45 heavy (non-hydrogen) atoms. The summed E-state index contributed by atoms with van der Waals surface area (Å²) < 4.78 is 18.5. The van der Waals surface area contributed by atoms with E-state index in [0.29, 0.717) is 45.9 Å². The predicted octanol–water partition coefficient (Wildman–Crippen LogP) is 3.77. The molecule has 0 radical (unpaired) electrons. The van der Waals surface area contributed by atoms with Gasteiger partial charge in [0.15, 0.2) is 11.5 Å². The summed E-state index contributed by atoms with van der Waals surface area (Å²) in [4.78, 5) is 36.8. The molecule has 0 aliphatic carbocycles. The molecule has 0 amide bonds. The lowest BCUT2D eigenvalue weighted by Gasteiger charge is -2.25. The minimum Gasteiger partial charge on any atom is -0.493 e. The predicted molar refractivity (Wildman–Crippen MR) is 172 cm³/mol. The molecule has 1 aliphatic rings. The zero-order valence-corrected chi connectivity index (χ0v) is 26.3. The second kappa shape index (κ2) is 13.3. The number of esters is 1. The van der Waals surface area contributed by atoms with Gasteiger partial charge in [-0.15, -0.1) is 0 Å². The monoisotopic (exact) mass is 610 g/mol. The maximum Gasteiger partial charge on any atom is 0.338 e. The van der Waals surface area contributed by atoms with E-state index in [2.05, 4.69) is 9.98 Å². The van der Waals surface area contributed by atoms with Gasteiger partial charge in [-0.2, -0.15) is 0 Å². The first-order chi connectivity index (χ1) is 21.6. The van der Waals surface area contributed by atoms with E-state index in [1.165, 1.54) is 4.57 Å². The van der Waals surface area contributed by atoms with E-state index in [4.69, 9.17) is 14.2 Å². The van der Waals surface area contributed by atoms with E-state index >= 15 is 0 Å². The summed E-state index contributed by atoms with van der Waals surface area (Å²) in [7, 11) is 5.46. The number of aromatic nitrogens is 2. The van der Waals surface area contributed by atoms with Gasteiger partial charge in [0.1, 0.15) is 12.0 Å². The van der Waals surface area contributed by atoms with Crippen molar-refractivity contribution in [2.24, 2.45) is 4.99 Å². The molecule has 2 N–H and O–H groups in total. The third kappa shape index (κ3) is 6.56. The number of carbonyl (C=O) groups is 1. The van der Waals surface area contributed by atoms with Crippen molar-refractivity contribution < 1.29 is 24.1 Å². The molecule has 4 aromatic rings. The molecule has 0 saturated heterocycles. The van der Waals surface area contributed by atoms with Crippen molar-refractivity contribution in [2.45, 2.75) is 39.5 Å². The van der Waals surface area contributed by atoms with E-state index in [1.54, 1.807) is 46.1 Å². The topological polar surface area (TPSA) is 118 Å². The van der Waals surface area contributed by atoms with Crippen molar-refractivity contribution in [3.63, 3.8) is 0 Å². The Labute approximate surface area is 261 Å². The largest absolute Gasteiger partial charge is 0.493 e. The van der Waals surface area contributed by atoms with Crippen molar-refractivity contribution in [2.75, 3.05) is 32.7 Å². The van der Waals surface area contributed by atoms with Crippen LogP contribution in [0.2, 0.25) is 0 Å². The number of nitrogens with one attached hydrogen (secondary N) is 1. The SMILES string of the molecule is CCOC(=O)C1=C(C)N=c2[nH]/c(=C\c3ccc(OCc4ccc([C@@H](C)O)cc4)c(OC)c3)c(=O)n2C1c1ccc(N(C)C)cc1. The third-order valence-corrected chi connectivity index (χ3v) is 7.69. The number of fused-ring (bicyclic) bond motifs is 1. The number of aliphatic hydroxyl groups is 1. The van der Waals surface area contributed by atoms with Crippen molar-refractivity contribution >= 4 is 17.7 Å². The number of rotatable bonds is 10. The number of aliphatic hydroxyl groups excluding tert-OH is 1. The first-order valence-corrected chi connectivity index (χ1v) is 14.7. The Morgan fingerprint density at radius 3 is 2.42 bits per heavy atom. The number of benzene rings is 3. The summed E-state index contributed by atoms with van der Waals surface area (Å²) in [6.07, 6.45) is 1.19. The smallest absolute Gasteiger partial charge is 0.338 e. The number of hydrogen-bond acceptors (Lipinski definition) is 8. The number of H-pyrrole nitrogens is 1. The summed E-state index contributed by atoms with van der Waals surface area (Å²) >= 11 is 0. The van der Waals surface area contributed by atoms with Crippen LogP contribution >= 0.6 is 0 Å². The van der Waals surface area contributed by atoms with Gasteiger partial charge in [0.25, 0.3) is 5.56 Å². The number of hydrogen-bond donors (Lipinski definition) is 2. The van der Waals surface area contributed by atoms with Crippen LogP contribution in [0.4, 0.5) is 5.69 Å². The van der Waals surface area contributed by atoms with Gasteiger partial charge in [0, 0.05) is 19.8 Å². The number of anilines is 1. The lowest BCUT2D eigenvalue weighted by Crippen LogP contribution is -2.40. The standard InChI is InChI=1S/C35H38N4O6/c1-7-44-34(42)31-21(2)36-35-37-28(33(41)39(35)32(31)26-13-15-27(16-14-26)38(4)5)18-24-10-17-29(30(19-24)43-6)45-20-23-8-11-25(12-9-23)22(3)40/h8-19,22,32,40H,7,20H2,1-6H3,(H,36,37)/b28-18-/t22-,32?/m1/s1. The molecule has 2 heterocycles. The lowest BCUT2D eigenvalue weighted by atomic mass is 9.95. The molecule has 5 rings (SSSR count). The average molecular weight is 611 g/mol. The summed E-state index contributed by atoms with van der Waals surface area (Å²) in [5.74, 6) is 0.544. The average Bonchev–Trinajstić information content (AvgIpc) is 3.33. The maximum atomic E-state index is 13.9. The highest BCUT2D eigenvalue weighted by atomic mass is 16.5. The van der Waals surface area contributed by atoms with Gasteiger partial charge in [0.2, 0.25) is 5.62 Å². The first-order valence-electron chi connectivity index (χ1n) is 14.7. The number of methoxy groups -OCH3 is 1. The highest BCUT2D eigenvalue weighted by molar-refractivity contribution is 5.91. The van der Waals surface area contributed by atoms with Crippen LogP contribution in [0.25, 0.3) is 6.08 Å². The van der Waals surface area contributed by atoms with Gasteiger partial charge >= 0.3 is 5.97 Å². The molecule has 3 aromatic carbocycles. The molecular weight excluding hydrogens is 572 g/mol. The number of nitrogens with zero attached hydrogens (tertiary/aromatic N) is 3. The highest BCUT2D eigenvalue weighted by Gasteiger charge is 2.33. The molecule has 1 aromatic heterocycles. The number of aromatic amines is 1. The Hall–Kier alpha value is -5.09. The Kier molecular flexibility index (Phi) is 9.24. The minimum absolute atomic E-state index is 0.201. The molecule has 0 fully saturated rings. The summed E-state index contributed by atoms with van der Waals surface area (Å²) in [5, 5.41) is 10.0. The molecule has 0 bridgehead atoms. The van der Waals surface area contributed by atoms with Crippen LogP contribution in [0.1, 0.15) is 55.2 Å². The van der Waals surface area contributed by atoms with Gasteiger partial charge in [-0.05, 0) is 73.4 Å². The van der Waals surface area contributed by atoms with Crippen molar-refractivity contribution in [3.05, 3.63) is 122 Å². The van der Waals surface area contributed by atoms with Crippen LogP contribution in [0, 0.1) is 0 Å². The number of imidazole rings is 1. The fourth-order valence-corrected chi connectivity index (χ4v) is 5.28. The van der Waals surface area contributed by atoms with Gasteiger partial charge in [-0.25, -0.2) is 9.79 Å². The van der Waals surface area contributed by atoms with Gasteiger partial charge in [-0.3, -0.25) is 9.36 Å². The fourth-order valence-electron chi connectivity index (χ4n) is 5.28. The molecule has 10 heteroatoms. The van der Waals surface area contributed by atoms with E-state index in [9.17, 15) is 14.7 Å². The van der Waals surface area contributed by atoms with E-state index in [0.717, 1.165) is 22.4 Å². The second-order valence-corrected chi connectivity index (χ2v) is 11.0. The van der Waals surface area contributed by atoms with Crippen LogP contribution in [-0.4, -0.2) is 48.4 Å².